The van der Waals surface area contributed by atoms with Gasteiger partial charge in [0.2, 0.25) is 0 Å². The first-order valence-electron chi connectivity index (χ1n) is 6.37. The van der Waals surface area contributed by atoms with Gasteiger partial charge in [0.25, 0.3) is 0 Å². The normalized spacial score (nSPS) is 20.9. The summed E-state index contributed by atoms with van der Waals surface area (Å²) in [5, 5.41) is 10.6. The lowest BCUT2D eigenvalue weighted by Gasteiger charge is -2.24. The Kier molecular flexibility index (Phi) is 4.86. The van der Waals surface area contributed by atoms with Crippen molar-refractivity contribution < 1.29 is 5.11 Å². The van der Waals surface area contributed by atoms with E-state index in [1.165, 1.54) is 37.8 Å². The summed E-state index contributed by atoms with van der Waals surface area (Å²) in [5.41, 5.74) is 1.22. The van der Waals surface area contributed by atoms with Gasteiger partial charge in [-0.15, -0.1) is 0 Å². The van der Waals surface area contributed by atoms with E-state index in [0.717, 1.165) is 17.9 Å². The van der Waals surface area contributed by atoms with Gasteiger partial charge < -0.3 is 5.11 Å². The van der Waals surface area contributed by atoms with Crippen LogP contribution in [0.1, 0.15) is 31.2 Å². The van der Waals surface area contributed by atoms with Crippen LogP contribution in [0.15, 0.2) is 24.3 Å². The van der Waals surface area contributed by atoms with Crippen LogP contribution in [0.25, 0.3) is 0 Å². The molecule has 0 radical (unpaired) electrons. The summed E-state index contributed by atoms with van der Waals surface area (Å²) in [4.78, 5) is 2.55. The molecule has 0 saturated carbocycles. The van der Waals surface area contributed by atoms with Gasteiger partial charge in [0, 0.05) is 17.9 Å². The number of hydrogen-bond donors (Lipinski definition) is 1. The molecule has 0 spiro atoms. The molecular formula is C14H20BrNO. The first-order valence-corrected chi connectivity index (χ1v) is 7.49. The van der Waals surface area contributed by atoms with Crippen LogP contribution in [0.4, 0.5) is 0 Å². The number of likely N-dealkylation sites (tertiary alicyclic amines) is 1. The van der Waals surface area contributed by atoms with E-state index in [0.29, 0.717) is 5.75 Å². The average molecular weight is 298 g/mol. The van der Waals surface area contributed by atoms with Crippen LogP contribution < -0.4 is 0 Å². The zero-order valence-corrected chi connectivity index (χ0v) is 11.7. The van der Waals surface area contributed by atoms with Gasteiger partial charge in [-0.2, -0.15) is 0 Å². The number of nitrogens with zero attached hydrogens (tertiary/aromatic N) is 1. The van der Waals surface area contributed by atoms with Crippen LogP contribution in [0.5, 0.6) is 5.75 Å². The molecule has 1 heterocycles. The number of phenolic OH excluding ortho intramolecular Hbond substituents is 1. The van der Waals surface area contributed by atoms with Gasteiger partial charge in [-0.25, -0.2) is 0 Å². The van der Waals surface area contributed by atoms with Gasteiger partial charge in [0.05, 0.1) is 0 Å². The van der Waals surface area contributed by atoms with Gasteiger partial charge >= 0.3 is 0 Å². The second kappa shape index (κ2) is 6.41. The fourth-order valence-electron chi connectivity index (χ4n) is 2.63. The van der Waals surface area contributed by atoms with Crippen LogP contribution in [0.2, 0.25) is 0 Å². The van der Waals surface area contributed by atoms with Crippen molar-refractivity contribution in [3.05, 3.63) is 29.8 Å². The molecule has 2 rings (SSSR count). The second-order valence-corrected chi connectivity index (χ2v) is 5.56. The molecule has 1 N–H and O–H groups in total. The predicted molar refractivity (Wildman–Crippen MR) is 74.6 cm³/mol. The summed E-state index contributed by atoms with van der Waals surface area (Å²) in [6, 6.07) is 8.36. The zero-order chi connectivity index (χ0) is 12.1. The third-order valence-electron chi connectivity index (χ3n) is 3.47. The molecule has 0 amide bonds. The van der Waals surface area contributed by atoms with Crippen molar-refractivity contribution in [1.29, 1.82) is 0 Å². The largest absolute Gasteiger partial charge is 0.508 e. The van der Waals surface area contributed by atoms with Gasteiger partial charge in [0.15, 0.2) is 0 Å². The van der Waals surface area contributed by atoms with E-state index in [1.807, 2.05) is 12.1 Å². The first-order chi connectivity index (χ1) is 8.29. The van der Waals surface area contributed by atoms with E-state index in [9.17, 15) is 5.11 Å². The highest BCUT2D eigenvalue weighted by Gasteiger charge is 2.23. The lowest BCUT2D eigenvalue weighted by atomic mass is 10.1. The Morgan fingerprint density at radius 3 is 3.06 bits per heavy atom. The van der Waals surface area contributed by atoms with Crippen molar-refractivity contribution in [3.8, 4) is 5.75 Å². The number of aromatic hydroxyl groups is 1. The highest BCUT2D eigenvalue weighted by molar-refractivity contribution is 9.09. The quantitative estimate of drug-likeness (QED) is 0.841. The monoisotopic (exact) mass is 297 g/mol. The molecule has 1 fully saturated rings. The van der Waals surface area contributed by atoms with Crippen molar-refractivity contribution in [1.82, 2.24) is 4.90 Å². The Labute approximate surface area is 112 Å². The minimum Gasteiger partial charge on any atom is -0.508 e. The molecule has 3 heteroatoms. The average Bonchev–Trinajstić information content (AvgIpc) is 2.74. The molecule has 1 aromatic rings. The highest BCUT2D eigenvalue weighted by Crippen LogP contribution is 2.24. The number of hydrogen-bond acceptors (Lipinski definition) is 2. The van der Waals surface area contributed by atoms with E-state index in [4.69, 9.17) is 0 Å². The molecule has 17 heavy (non-hydrogen) atoms. The van der Waals surface area contributed by atoms with Crippen LogP contribution in [0, 0.1) is 0 Å². The summed E-state index contributed by atoms with van der Waals surface area (Å²) in [6.45, 7) is 2.17. The Morgan fingerprint density at radius 2 is 2.29 bits per heavy atom. The summed E-state index contributed by atoms with van der Waals surface area (Å²) in [5.74, 6) is 0.374. The molecule has 0 aromatic heterocycles. The lowest BCUT2D eigenvalue weighted by Crippen LogP contribution is -2.28. The number of benzene rings is 1. The van der Waals surface area contributed by atoms with Crippen LogP contribution in [-0.4, -0.2) is 27.9 Å². The Bertz CT molecular complexity index is 356. The van der Waals surface area contributed by atoms with Crippen LogP contribution >= 0.6 is 15.9 Å². The maximum Gasteiger partial charge on any atom is 0.115 e. The number of halogens is 1. The molecule has 1 unspecified atom stereocenters. The topological polar surface area (TPSA) is 23.5 Å². The highest BCUT2D eigenvalue weighted by atomic mass is 79.9. The summed E-state index contributed by atoms with van der Waals surface area (Å²) >= 11 is 3.50. The Balaban J connectivity index is 1.93. The molecular weight excluding hydrogens is 278 g/mol. The van der Waals surface area contributed by atoms with Gasteiger partial charge in [-0.1, -0.05) is 28.1 Å². The van der Waals surface area contributed by atoms with Crippen molar-refractivity contribution in [2.45, 2.75) is 38.3 Å². The molecule has 2 nitrogen and oxygen atoms in total. The summed E-state index contributed by atoms with van der Waals surface area (Å²) in [7, 11) is 0. The Hall–Kier alpha value is -0.540. The van der Waals surface area contributed by atoms with Gasteiger partial charge in [-0.3, -0.25) is 4.90 Å². The maximum atomic E-state index is 9.47. The Morgan fingerprint density at radius 1 is 1.41 bits per heavy atom. The molecule has 0 bridgehead atoms. The minimum absolute atomic E-state index is 0.374. The molecule has 1 saturated heterocycles. The van der Waals surface area contributed by atoms with E-state index in [-0.39, 0.29) is 0 Å². The summed E-state index contributed by atoms with van der Waals surface area (Å²) < 4.78 is 0. The zero-order valence-electron chi connectivity index (χ0n) is 10.1. The first kappa shape index (κ1) is 12.9. The fourth-order valence-corrected chi connectivity index (χ4v) is 2.96. The van der Waals surface area contributed by atoms with Crippen molar-refractivity contribution >= 4 is 15.9 Å². The fraction of sp³-hybridized carbons (Fsp3) is 0.571. The SMILES string of the molecule is Oc1cccc(CN2CCCC2CCCBr)c1. The number of phenols is 1. The van der Waals surface area contributed by atoms with Gasteiger partial charge in [-0.05, 0) is 49.9 Å². The molecule has 0 aliphatic carbocycles. The second-order valence-electron chi connectivity index (χ2n) is 4.77. The van der Waals surface area contributed by atoms with Crippen molar-refractivity contribution in [2.24, 2.45) is 0 Å². The molecule has 1 aliphatic rings. The van der Waals surface area contributed by atoms with Crippen LogP contribution in [-0.2, 0) is 6.54 Å². The van der Waals surface area contributed by atoms with E-state index in [2.05, 4.69) is 26.9 Å². The molecule has 94 valence electrons. The standard InChI is InChI=1S/C14H20BrNO/c15-8-2-5-13-6-3-9-16(13)11-12-4-1-7-14(17)10-12/h1,4,7,10,13,17H,2-3,5-6,8-9,11H2. The predicted octanol–water partition coefficient (Wildman–Crippen LogP) is 3.53. The van der Waals surface area contributed by atoms with E-state index in [1.54, 1.807) is 6.07 Å². The van der Waals surface area contributed by atoms with Crippen molar-refractivity contribution in [3.63, 3.8) is 0 Å². The number of rotatable bonds is 5. The smallest absolute Gasteiger partial charge is 0.115 e. The van der Waals surface area contributed by atoms with Crippen LogP contribution in [0.3, 0.4) is 0 Å². The lowest BCUT2D eigenvalue weighted by molar-refractivity contribution is 0.233. The number of alkyl halides is 1. The molecule has 1 aliphatic heterocycles. The van der Waals surface area contributed by atoms with Gasteiger partial charge in [0.1, 0.15) is 5.75 Å². The summed E-state index contributed by atoms with van der Waals surface area (Å²) in [6.07, 6.45) is 5.17. The van der Waals surface area contributed by atoms with E-state index >= 15 is 0 Å². The third-order valence-corrected chi connectivity index (χ3v) is 4.03. The molecule has 1 atom stereocenters. The minimum atomic E-state index is 0.374. The molecule has 1 aromatic carbocycles. The van der Waals surface area contributed by atoms with Crippen molar-refractivity contribution in [2.75, 3.05) is 11.9 Å². The van der Waals surface area contributed by atoms with E-state index < -0.39 is 0 Å². The third kappa shape index (κ3) is 3.71. The maximum absolute atomic E-state index is 9.47.